The highest BCUT2D eigenvalue weighted by atomic mass is 16.5. The highest BCUT2D eigenvalue weighted by molar-refractivity contribution is 5.63. The summed E-state index contributed by atoms with van der Waals surface area (Å²) in [5.41, 5.74) is 3.49. The number of hydrogen-bond donors (Lipinski definition) is 2. The van der Waals surface area contributed by atoms with Gasteiger partial charge in [0, 0.05) is 23.6 Å². The van der Waals surface area contributed by atoms with Gasteiger partial charge in [-0.15, -0.1) is 0 Å². The summed E-state index contributed by atoms with van der Waals surface area (Å²) < 4.78 is 5.42. The summed E-state index contributed by atoms with van der Waals surface area (Å²) in [7, 11) is 3.78. The quantitative estimate of drug-likeness (QED) is 0.782. The van der Waals surface area contributed by atoms with Crippen molar-refractivity contribution >= 4 is 0 Å². The Morgan fingerprint density at radius 3 is 2.91 bits per heavy atom. The zero-order chi connectivity index (χ0) is 15.5. The van der Waals surface area contributed by atoms with Crippen LogP contribution in [0.5, 0.6) is 11.5 Å². The monoisotopic (exact) mass is 301 g/mol. The van der Waals surface area contributed by atoms with Crippen molar-refractivity contribution in [3.05, 3.63) is 34.9 Å². The van der Waals surface area contributed by atoms with E-state index in [4.69, 9.17) is 4.74 Å². The number of allylic oxidation sites excluding steroid dienone is 1. The third kappa shape index (κ3) is 1.77. The molecular weight excluding hydrogens is 278 g/mol. The molecule has 1 aliphatic heterocycles. The van der Waals surface area contributed by atoms with E-state index in [1.54, 1.807) is 7.11 Å². The van der Waals surface area contributed by atoms with Gasteiger partial charge in [-0.25, -0.2) is 0 Å². The predicted molar refractivity (Wildman–Crippen MR) is 84.4 cm³/mol. The lowest BCUT2D eigenvalue weighted by Crippen LogP contribution is -2.32. The Kier molecular flexibility index (Phi) is 3.03. The molecule has 0 radical (unpaired) electrons. The lowest BCUT2D eigenvalue weighted by molar-refractivity contribution is 0.172. The van der Waals surface area contributed by atoms with E-state index < -0.39 is 0 Å². The summed E-state index contributed by atoms with van der Waals surface area (Å²) in [5.74, 6) is 0.873. The first-order valence-electron chi connectivity index (χ1n) is 8.06. The molecule has 0 amide bonds. The Hall–Kier alpha value is -1.52. The Bertz CT molecular complexity index is 654. The lowest BCUT2D eigenvalue weighted by atomic mass is 9.73. The zero-order valence-corrected chi connectivity index (χ0v) is 13.2. The van der Waals surface area contributed by atoms with Crippen LogP contribution in [0.3, 0.4) is 0 Å². The van der Waals surface area contributed by atoms with E-state index in [2.05, 4.69) is 18.0 Å². The molecule has 3 atom stereocenters. The number of nitrogens with zero attached hydrogens (tertiary/aromatic N) is 1. The van der Waals surface area contributed by atoms with Gasteiger partial charge >= 0.3 is 0 Å². The topological polar surface area (TPSA) is 52.9 Å². The highest BCUT2D eigenvalue weighted by Gasteiger charge is 2.49. The number of aromatic hydroxyl groups is 1. The number of ether oxygens (including phenoxy) is 1. The number of hydrogen-bond acceptors (Lipinski definition) is 4. The van der Waals surface area contributed by atoms with Crippen molar-refractivity contribution in [3.8, 4) is 11.5 Å². The van der Waals surface area contributed by atoms with Crippen LogP contribution in [0.15, 0.2) is 18.2 Å². The number of aliphatic hydroxyl groups excluding tert-OH is 1. The normalized spacial score (nSPS) is 33.2. The van der Waals surface area contributed by atoms with E-state index in [1.807, 2.05) is 12.1 Å². The van der Waals surface area contributed by atoms with Crippen LogP contribution in [0, 0.1) is 0 Å². The summed E-state index contributed by atoms with van der Waals surface area (Å²) in [5, 5.41) is 20.6. The summed E-state index contributed by atoms with van der Waals surface area (Å²) in [6.45, 7) is 1.04. The molecule has 0 aromatic heterocycles. The van der Waals surface area contributed by atoms with Crippen molar-refractivity contribution in [2.75, 3.05) is 20.7 Å². The van der Waals surface area contributed by atoms with Gasteiger partial charge < -0.3 is 14.9 Å². The van der Waals surface area contributed by atoms with Crippen molar-refractivity contribution in [2.24, 2.45) is 0 Å². The molecule has 4 nitrogen and oxygen atoms in total. The molecule has 118 valence electrons. The van der Waals surface area contributed by atoms with Gasteiger partial charge in [0.2, 0.25) is 0 Å². The van der Waals surface area contributed by atoms with Gasteiger partial charge in [0.25, 0.3) is 0 Å². The Labute approximate surface area is 131 Å². The van der Waals surface area contributed by atoms with E-state index in [0.717, 1.165) is 37.8 Å². The SMILES string of the molecule is COc1cc2c3c(c1O)[C@]1(C=C[C@H](O)CC1)C[C@@H]3N(C)CC2. The first-order chi connectivity index (χ1) is 10.6. The number of methoxy groups -OCH3 is 1. The maximum absolute atomic E-state index is 10.8. The predicted octanol–water partition coefficient (Wildman–Crippen LogP) is 2.28. The molecule has 2 N–H and O–H groups in total. The largest absolute Gasteiger partial charge is 0.504 e. The third-order valence-corrected chi connectivity index (χ3v) is 5.79. The molecular formula is C18H23NO3. The summed E-state index contributed by atoms with van der Waals surface area (Å²) in [6.07, 6.45) is 7.27. The average Bonchev–Trinajstić information content (AvgIpc) is 2.86. The molecule has 0 fully saturated rings. The Morgan fingerprint density at radius 1 is 1.41 bits per heavy atom. The van der Waals surface area contributed by atoms with E-state index in [9.17, 15) is 10.2 Å². The number of phenolic OH excluding ortho intramolecular Hbond substituents is 1. The van der Waals surface area contributed by atoms with Crippen LogP contribution >= 0.6 is 0 Å². The Balaban J connectivity index is 1.96. The van der Waals surface area contributed by atoms with Crippen LogP contribution in [0.25, 0.3) is 0 Å². The second-order valence-corrected chi connectivity index (χ2v) is 6.95. The maximum atomic E-state index is 10.8. The second-order valence-electron chi connectivity index (χ2n) is 6.95. The molecule has 4 heteroatoms. The van der Waals surface area contributed by atoms with E-state index in [1.165, 1.54) is 11.1 Å². The highest BCUT2D eigenvalue weighted by Crippen LogP contribution is 2.59. The average molecular weight is 301 g/mol. The summed E-state index contributed by atoms with van der Waals surface area (Å²) in [6, 6.07) is 2.37. The van der Waals surface area contributed by atoms with E-state index in [-0.39, 0.29) is 11.5 Å². The lowest BCUT2D eigenvalue weighted by Gasteiger charge is -2.33. The van der Waals surface area contributed by atoms with Crippen LogP contribution < -0.4 is 4.74 Å². The number of phenols is 1. The molecule has 0 saturated carbocycles. The minimum atomic E-state index is -0.358. The number of likely N-dealkylation sites (N-methyl/N-ethyl adjacent to an activating group) is 1. The fraction of sp³-hybridized carbons (Fsp3) is 0.556. The van der Waals surface area contributed by atoms with Gasteiger partial charge in [-0.3, -0.25) is 4.90 Å². The minimum Gasteiger partial charge on any atom is -0.504 e. The Morgan fingerprint density at radius 2 is 2.23 bits per heavy atom. The van der Waals surface area contributed by atoms with E-state index in [0.29, 0.717) is 17.5 Å². The maximum Gasteiger partial charge on any atom is 0.162 e. The van der Waals surface area contributed by atoms with Crippen LogP contribution in [-0.4, -0.2) is 41.9 Å². The first-order valence-corrected chi connectivity index (χ1v) is 8.06. The van der Waals surface area contributed by atoms with Gasteiger partial charge in [0.15, 0.2) is 11.5 Å². The number of benzene rings is 1. The van der Waals surface area contributed by atoms with Crippen molar-refractivity contribution in [1.29, 1.82) is 0 Å². The standard InChI is InChI=1S/C18H23NO3/c1-19-8-5-11-9-14(22-2)17(21)16-15(11)13(19)10-18(16)6-3-12(20)4-7-18/h3,6,9,12-13,20-21H,4-5,7-8,10H2,1-2H3/t12-,13-,18-/m0/s1. The molecule has 1 aromatic rings. The van der Waals surface area contributed by atoms with Crippen molar-refractivity contribution in [2.45, 2.75) is 43.2 Å². The molecule has 4 rings (SSSR count). The molecule has 0 bridgehead atoms. The molecule has 3 aliphatic rings. The fourth-order valence-electron chi connectivity index (χ4n) is 4.60. The summed E-state index contributed by atoms with van der Waals surface area (Å²) >= 11 is 0. The number of fused-ring (bicyclic) bond motifs is 1. The van der Waals surface area contributed by atoms with Crippen molar-refractivity contribution in [1.82, 2.24) is 4.90 Å². The third-order valence-electron chi connectivity index (χ3n) is 5.79. The molecule has 0 unspecified atom stereocenters. The number of aliphatic hydroxyl groups is 1. The van der Waals surface area contributed by atoms with Gasteiger partial charge in [-0.1, -0.05) is 12.2 Å². The summed E-state index contributed by atoms with van der Waals surface area (Å²) in [4.78, 5) is 2.39. The van der Waals surface area contributed by atoms with E-state index >= 15 is 0 Å². The van der Waals surface area contributed by atoms with Crippen molar-refractivity contribution in [3.63, 3.8) is 0 Å². The molecule has 2 aliphatic carbocycles. The van der Waals surface area contributed by atoms with Crippen LogP contribution in [0.2, 0.25) is 0 Å². The van der Waals surface area contributed by atoms with Gasteiger partial charge in [0.1, 0.15) is 0 Å². The van der Waals surface area contributed by atoms with Crippen molar-refractivity contribution < 1.29 is 14.9 Å². The molecule has 1 spiro atoms. The molecule has 0 saturated heterocycles. The molecule has 1 heterocycles. The van der Waals surface area contributed by atoms with Crippen LogP contribution in [0.1, 0.15) is 42.0 Å². The number of rotatable bonds is 1. The van der Waals surface area contributed by atoms with Gasteiger partial charge in [-0.2, -0.15) is 0 Å². The molecule has 1 aromatic carbocycles. The first kappa shape index (κ1) is 14.1. The second kappa shape index (κ2) is 4.74. The van der Waals surface area contributed by atoms with Gasteiger partial charge in [0.05, 0.1) is 13.2 Å². The zero-order valence-electron chi connectivity index (χ0n) is 13.2. The van der Waals surface area contributed by atoms with Crippen LogP contribution in [0.4, 0.5) is 0 Å². The molecule has 22 heavy (non-hydrogen) atoms. The smallest absolute Gasteiger partial charge is 0.162 e. The fourth-order valence-corrected chi connectivity index (χ4v) is 4.60. The van der Waals surface area contributed by atoms with Gasteiger partial charge in [-0.05, 0) is 49.9 Å². The van der Waals surface area contributed by atoms with Crippen LogP contribution in [-0.2, 0) is 11.8 Å². The minimum absolute atomic E-state index is 0.162.